The minimum Gasteiger partial charge on any atom is -0.230 e. The highest BCUT2D eigenvalue weighted by Crippen LogP contribution is 2.17. The Bertz CT molecular complexity index is 586. The molecule has 0 unspecified atom stereocenters. The molecule has 0 saturated carbocycles. The largest absolute Gasteiger partial charge is 0.288 e. The van der Waals surface area contributed by atoms with Gasteiger partial charge in [-0.05, 0) is 31.4 Å². The highest BCUT2D eigenvalue weighted by Gasteiger charge is 2.18. The van der Waals surface area contributed by atoms with Crippen LogP contribution in [0.2, 0.25) is 0 Å². The second-order valence-corrected chi connectivity index (χ2v) is 7.56. The van der Waals surface area contributed by atoms with Gasteiger partial charge in [-0.15, -0.1) is 0 Å². The fourth-order valence-corrected chi connectivity index (χ4v) is 3.76. The highest BCUT2D eigenvalue weighted by molar-refractivity contribution is 5.52. The fourth-order valence-electron chi connectivity index (χ4n) is 3.76. The second-order valence-electron chi connectivity index (χ2n) is 7.56. The van der Waals surface area contributed by atoms with Crippen LogP contribution in [0.1, 0.15) is 84.5 Å². The monoisotopic (exact) mass is 355 g/mol. The van der Waals surface area contributed by atoms with E-state index >= 15 is 0 Å². The zero-order chi connectivity index (χ0) is 18.5. The van der Waals surface area contributed by atoms with Crippen molar-refractivity contribution in [2.45, 2.75) is 97.6 Å². The molecule has 0 atom stereocenters. The summed E-state index contributed by atoms with van der Waals surface area (Å²) in [4.78, 5) is 0. The summed E-state index contributed by atoms with van der Waals surface area (Å²) in [5.41, 5.74) is 1.33. The Kier molecular flexibility index (Phi) is 10.2. The maximum absolute atomic E-state index is 2.45. The van der Waals surface area contributed by atoms with Crippen molar-refractivity contribution in [3.05, 3.63) is 42.7 Å². The molecule has 0 radical (unpaired) electrons. The molecule has 0 bridgehead atoms. The van der Waals surface area contributed by atoms with Gasteiger partial charge in [-0.1, -0.05) is 83.4 Å². The van der Waals surface area contributed by atoms with E-state index in [0.29, 0.717) is 0 Å². The zero-order valence-corrected chi connectivity index (χ0v) is 17.1. The standard InChI is InChI=1S/C24H39N2/c1-3-5-6-7-8-9-10-11-12-16-20-26-22-21-25(19-4-2)24(26)23-17-14-13-15-18-23/h13-15,17-18,21-22H,3-12,16,19-20H2,1-2H3/q+1. The van der Waals surface area contributed by atoms with Gasteiger partial charge in [0.15, 0.2) is 0 Å². The third kappa shape index (κ3) is 6.97. The van der Waals surface area contributed by atoms with Crippen LogP contribution in [0.4, 0.5) is 0 Å². The Labute approximate surface area is 161 Å². The van der Waals surface area contributed by atoms with Gasteiger partial charge in [0.2, 0.25) is 0 Å². The van der Waals surface area contributed by atoms with Gasteiger partial charge in [0, 0.05) is 0 Å². The molecule has 0 aliphatic carbocycles. The quantitative estimate of drug-likeness (QED) is 0.261. The van der Waals surface area contributed by atoms with Crippen molar-refractivity contribution in [3.63, 3.8) is 0 Å². The number of aryl methyl sites for hydroxylation is 2. The van der Waals surface area contributed by atoms with Crippen molar-refractivity contribution in [2.75, 3.05) is 0 Å². The molecule has 1 aromatic carbocycles. The first-order valence-electron chi connectivity index (χ1n) is 11.0. The topological polar surface area (TPSA) is 8.81 Å². The third-order valence-electron chi connectivity index (χ3n) is 5.22. The lowest BCUT2D eigenvalue weighted by atomic mass is 10.1. The molecule has 0 amide bonds. The number of hydrogen-bond donors (Lipinski definition) is 0. The van der Waals surface area contributed by atoms with Gasteiger partial charge in [0.05, 0.1) is 18.7 Å². The van der Waals surface area contributed by atoms with Crippen LogP contribution in [0.25, 0.3) is 11.4 Å². The molecule has 1 aromatic heterocycles. The van der Waals surface area contributed by atoms with E-state index in [4.69, 9.17) is 0 Å². The van der Waals surface area contributed by atoms with Gasteiger partial charge in [0.1, 0.15) is 12.4 Å². The molecule has 1 heterocycles. The molecule has 0 spiro atoms. The fraction of sp³-hybridized carbons (Fsp3) is 0.625. The number of hydrogen-bond acceptors (Lipinski definition) is 0. The minimum absolute atomic E-state index is 1.09. The van der Waals surface area contributed by atoms with Gasteiger partial charge in [0.25, 0.3) is 5.82 Å². The predicted molar refractivity (Wildman–Crippen MR) is 112 cm³/mol. The Morgan fingerprint density at radius 1 is 0.731 bits per heavy atom. The number of benzene rings is 1. The summed E-state index contributed by atoms with van der Waals surface area (Å²) in [6.45, 7) is 6.77. The Hall–Kier alpha value is -1.57. The number of imidazole rings is 1. The molecular weight excluding hydrogens is 316 g/mol. The lowest BCUT2D eigenvalue weighted by Crippen LogP contribution is -2.34. The van der Waals surface area contributed by atoms with Crippen LogP contribution in [-0.2, 0) is 13.1 Å². The van der Waals surface area contributed by atoms with Crippen molar-refractivity contribution < 1.29 is 4.57 Å². The lowest BCUT2D eigenvalue weighted by Gasteiger charge is -2.05. The van der Waals surface area contributed by atoms with E-state index in [9.17, 15) is 0 Å². The summed E-state index contributed by atoms with van der Waals surface area (Å²) >= 11 is 0. The first kappa shape index (κ1) is 20.7. The SMILES string of the molecule is CCCCCCCCCCCC[n+]1ccn(CCC)c1-c1ccccc1. The smallest absolute Gasteiger partial charge is 0.230 e. The molecule has 2 aromatic rings. The Morgan fingerprint density at radius 3 is 1.96 bits per heavy atom. The number of rotatable bonds is 14. The van der Waals surface area contributed by atoms with E-state index in [-0.39, 0.29) is 0 Å². The lowest BCUT2D eigenvalue weighted by molar-refractivity contribution is -0.686. The van der Waals surface area contributed by atoms with Crippen molar-refractivity contribution >= 4 is 0 Å². The molecule has 2 heteroatoms. The molecule has 2 nitrogen and oxygen atoms in total. The highest BCUT2D eigenvalue weighted by atomic mass is 15.1. The van der Waals surface area contributed by atoms with Crippen LogP contribution in [0.5, 0.6) is 0 Å². The zero-order valence-electron chi connectivity index (χ0n) is 17.1. The van der Waals surface area contributed by atoms with Crippen molar-refractivity contribution in [3.8, 4) is 11.4 Å². The van der Waals surface area contributed by atoms with Crippen LogP contribution >= 0.6 is 0 Å². The van der Waals surface area contributed by atoms with Crippen LogP contribution in [0.3, 0.4) is 0 Å². The Balaban J connectivity index is 1.74. The summed E-state index contributed by atoms with van der Waals surface area (Å²) in [5.74, 6) is 1.36. The van der Waals surface area contributed by atoms with E-state index in [2.05, 4.69) is 65.7 Å². The van der Waals surface area contributed by atoms with Crippen LogP contribution in [-0.4, -0.2) is 4.57 Å². The van der Waals surface area contributed by atoms with Gasteiger partial charge < -0.3 is 0 Å². The molecule has 2 rings (SSSR count). The van der Waals surface area contributed by atoms with Gasteiger partial charge in [-0.25, -0.2) is 9.13 Å². The van der Waals surface area contributed by atoms with Gasteiger partial charge >= 0.3 is 0 Å². The summed E-state index contributed by atoms with van der Waals surface area (Å²) in [5, 5.41) is 0. The predicted octanol–water partition coefficient (Wildman–Crippen LogP) is 6.77. The van der Waals surface area contributed by atoms with Crippen LogP contribution in [0, 0.1) is 0 Å². The second kappa shape index (κ2) is 12.7. The van der Waals surface area contributed by atoms with Gasteiger partial charge in [-0.3, -0.25) is 0 Å². The molecule has 0 N–H and O–H groups in total. The average Bonchev–Trinajstić information content (AvgIpc) is 3.07. The molecule has 0 aliphatic rings. The third-order valence-corrected chi connectivity index (χ3v) is 5.22. The van der Waals surface area contributed by atoms with E-state index in [0.717, 1.165) is 13.1 Å². The first-order valence-corrected chi connectivity index (χ1v) is 11.0. The van der Waals surface area contributed by atoms with Crippen LogP contribution in [0.15, 0.2) is 42.7 Å². The summed E-state index contributed by atoms with van der Waals surface area (Å²) in [6, 6.07) is 10.9. The Morgan fingerprint density at radius 2 is 1.35 bits per heavy atom. The maximum atomic E-state index is 2.45. The van der Waals surface area contributed by atoms with Crippen LogP contribution < -0.4 is 4.57 Å². The molecule has 0 aliphatic heterocycles. The van der Waals surface area contributed by atoms with E-state index < -0.39 is 0 Å². The van der Waals surface area contributed by atoms with Crippen molar-refractivity contribution in [2.24, 2.45) is 0 Å². The summed E-state index contributed by atoms with van der Waals surface area (Å²) in [6.07, 6.45) is 19.7. The van der Waals surface area contributed by atoms with E-state index in [1.54, 1.807) is 0 Å². The molecule has 26 heavy (non-hydrogen) atoms. The van der Waals surface area contributed by atoms with Crippen molar-refractivity contribution in [1.29, 1.82) is 0 Å². The molecule has 0 fully saturated rings. The molecular formula is C24H39N2+. The summed E-state index contributed by atoms with van der Waals surface area (Å²) < 4.78 is 4.86. The normalized spacial score (nSPS) is 11.2. The first-order chi connectivity index (χ1) is 12.9. The maximum Gasteiger partial charge on any atom is 0.288 e. The summed E-state index contributed by atoms with van der Waals surface area (Å²) in [7, 11) is 0. The van der Waals surface area contributed by atoms with Gasteiger partial charge in [-0.2, -0.15) is 0 Å². The number of aromatic nitrogens is 2. The number of unbranched alkanes of at least 4 members (excludes halogenated alkanes) is 9. The van der Waals surface area contributed by atoms with Crippen molar-refractivity contribution in [1.82, 2.24) is 4.57 Å². The van der Waals surface area contributed by atoms with E-state index in [1.807, 2.05) is 0 Å². The number of nitrogens with zero attached hydrogens (tertiary/aromatic N) is 2. The molecule has 144 valence electrons. The molecule has 0 saturated heterocycles. The van der Waals surface area contributed by atoms with E-state index in [1.165, 1.54) is 82.0 Å². The average molecular weight is 356 g/mol. The minimum atomic E-state index is 1.09.